The standard InChI is InChI=1S/C19H32N6O4S/c1-12(2)10-19(4)17(27)25(18(20)21-19)11-14-6-8-24(9-7-14)30(28,29)15-13(3)22-23(5)16(15)26/h12,14,22H,6-11H2,1-5H3,(H2,20,21). The lowest BCUT2D eigenvalue weighted by molar-refractivity contribution is -0.131. The molecule has 1 aromatic heterocycles. The van der Waals surface area contributed by atoms with E-state index in [0.29, 0.717) is 50.5 Å². The second kappa shape index (κ2) is 7.84. The number of nitrogens with one attached hydrogen (secondary N) is 1. The van der Waals surface area contributed by atoms with E-state index in [-0.39, 0.29) is 22.7 Å². The summed E-state index contributed by atoms with van der Waals surface area (Å²) in [5, 5.41) is 2.74. The van der Waals surface area contributed by atoms with Gasteiger partial charge in [0, 0.05) is 26.7 Å². The lowest BCUT2D eigenvalue weighted by Crippen LogP contribution is -2.48. The Balaban J connectivity index is 1.66. The molecule has 10 nitrogen and oxygen atoms in total. The molecule has 0 bridgehead atoms. The Hall–Kier alpha value is -2.14. The van der Waals surface area contributed by atoms with Crippen molar-refractivity contribution in [2.24, 2.45) is 29.6 Å². The minimum Gasteiger partial charge on any atom is -0.369 e. The molecule has 1 fully saturated rings. The van der Waals surface area contributed by atoms with Gasteiger partial charge in [-0.3, -0.25) is 24.3 Å². The molecule has 1 atom stereocenters. The molecule has 1 saturated heterocycles. The Morgan fingerprint density at radius 3 is 2.37 bits per heavy atom. The van der Waals surface area contributed by atoms with Crippen molar-refractivity contribution >= 4 is 21.9 Å². The third-order valence-electron chi connectivity index (χ3n) is 5.94. The zero-order valence-electron chi connectivity index (χ0n) is 18.3. The van der Waals surface area contributed by atoms with Gasteiger partial charge < -0.3 is 5.73 Å². The van der Waals surface area contributed by atoms with E-state index >= 15 is 0 Å². The van der Waals surface area contributed by atoms with E-state index in [0.717, 1.165) is 0 Å². The lowest BCUT2D eigenvalue weighted by atomic mass is 9.90. The van der Waals surface area contributed by atoms with Crippen LogP contribution in [0.15, 0.2) is 14.7 Å². The lowest BCUT2D eigenvalue weighted by Gasteiger charge is -2.33. The van der Waals surface area contributed by atoms with Crippen molar-refractivity contribution in [2.75, 3.05) is 19.6 Å². The summed E-state index contributed by atoms with van der Waals surface area (Å²) in [6.07, 6.45) is 1.80. The van der Waals surface area contributed by atoms with Gasteiger partial charge in [0.05, 0.1) is 5.69 Å². The first-order chi connectivity index (χ1) is 13.9. The number of rotatable bonds is 6. The summed E-state index contributed by atoms with van der Waals surface area (Å²) in [7, 11) is -2.37. The van der Waals surface area contributed by atoms with Crippen molar-refractivity contribution < 1.29 is 13.2 Å². The first-order valence-corrected chi connectivity index (χ1v) is 11.7. The molecule has 0 radical (unpaired) electrons. The number of sulfonamides is 1. The SMILES string of the molecule is Cc1[nH]n(C)c(=O)c1S(=O)(=O)N1CCC(CN2C(=O)C(C)(CC(C)C)N=C2N)CC1. The predicted molar refractivity (Wildman–Crippen MR) is 113 cm³/mol. The summed E-state index contributed by atoms with van der Waals surface area (Å²) < 4.78 is 28.5. The quantitative estimate of drug-likeness (QED) is 0.660. The van der Waals surface area contributed by atoms with E-state index in [4.69, 9.17) is 5.73 Å². The summed E-state index contributed by atoms with van der Waals surface area (Å²) in [4.78, 5) is 30.9. The van der Waals surface area contributed by atoms with Gasteiger partial charge in [0.2, 0.25) is 10.0 Å². The second-order valence-electron chi connectivity index (χ2n) is 9.04. The maximum absolute atomic E-state index is 13.0. The van der Waals surface area contributed by atoms with Gasteiger partial charge in [0.1, 0.15) is 5.54 Å². The molecule has 2 aliphatic rings. The Morgan fingerprint density at radius 2 is 1.87 bits per heavy atom. The number of H-pyrrole nitrogens is 1. The van der Waals surface area contributed by atoms with Gasteiger partial charge in [-0.25, -0.2) is 13.4 Å². The molecule has 0 aromatic carbocycles. The van der Waals surface area contributed by atoms with E-state index in [1.807, 2.05) is 20.8 Å². The van der Waals surface area contributed by atoms with Gasteiger partial charge in [0.15, 0.2) is 10.9 Å². The van der Waals surface area contributed by atoms with E-state index in [2.05, 4.69) is 10.1 Å². The molecule has 3 rings (SSSR count). The minimum atomic E-state index is -3.87. The molecule has 30 heavy (non-hydrogen) atoms. The zero-order valence-corrected chi connectivity index (χ0v) is 19.1. The highest BCUT2D eigenvalue weighted by atomic mass is 32.2. The number of amides is 1. The fourth-order valence-corrected chi connectivity index (χ4v) is 6.29. The number of aromatic nitrogens is 2. The van der Waals surface area contributed by atoms with Crippen molar-refractivity contribution in [1.29, 1.82) is 0 Å². The number of aryl methyl sites for hydroxylation is 2. The van der Waals surface area contributed by atoms with Gasteiger partial charge in [-0.1, -0.05) is 13.8 Å². The van der Waals surface area contributed by atoms with Gasteiger partial charge in [-0.2, -0.15) is 4.31 Å². The largest absolute Gasteiger partial charge is 0.369 e. The van der Waals surface area contributed by atoms with Crippen molar-refractivity contribution in [1.82, 2.24) is 19.0 Å². The Morgan fingerprint density at radius 1 is 1.27 bits per heavy atom. The summed E-state index contributed by atoms with van der Waals surface area (Å²) in [5.41, 5.74) is 5.01. The van der Waals surface area contributed by atoms with Crippen LogP contribution in [0.4, 0.5) is 0 Å². The topological polar surface area (TPSA) is 134 Å². The van der Waals surface area contributed by atoms with Crippen LogP contribution in [0.2, 0.25) is 0 Å². The molecule has 0 spiro atoms. The number of carbonyl (C=O) groups is 1. The highest BCUT2D eigenvalue weighted by Gasteiger charge is 2.45. The molecule has 11 heteroatoms. The van der Waals surface area contributed by atoms with E-state index in [1.54, 1.807) is 11.8 Å². The summed E-state index contributed by atoms with van der Waals surface area (Å²) in [6, 6.07) is 0. The number of nitrogens with zero attached hydrogens (tertiary/aromatic N) is 4. The smallest absolute Gasteiger partial charge is 0.286 e. The number of piperidine rings is 1. The van der Waals surface area contributed by atoms with Gasteiger partial charge in [-0.15, -0.1) is 0 Å². The van der Waals surface area contributed by atoms with Crippen LogP contribution in [0.25, 0.3) is 0 Å². The van der Waals surface area contributed by atoms with Crippen molar-refractivity contribution in [3.05, 3.63) is 16.0 Å². The zero-order chi connectivity index (χ0) is 22.4. The normalized spacial score (nSPS) is 24.1. The first kappa shape index (κ1) is 22.5. The summed E-state index contributed by atoms with van der Waals surface area (Å²) in [5.74, 6) is 0.582. The third kappa shape index (κ3) is 3.92. The number of nitrogens with two attached hydrogens (primary N) is 1. The average molecular weight is 441 g/mol. The molecule has 168 valence electrons. The first-order valence-electron chi connectivity index (χ1n) is 10.3. The molecule has 2 aliphatic heterocycles. The van der Waals surface area contributed by atoms with E-state index in [9.17, 15) is 18.0 Å². The number of hydrogen-bond donors (Lipinski definition) is 2. The van der Waals surface area contributed by atoms with Gasteiger partial charge in [0.25, 0.3) is 11.5 Å². The highest BCUT2D eigenvalue weighted by Crippen LogP contribution is 2.31. The number of hydrogen-bond acceptors (Lipinski definition) is 6. The average Bonchev–Trinajstić information content (AvgIpc) is 3.01. The van der Waals surface area contributed by atoms with E-state index < -0.39 is 21.1 Å². The van der Waals surface area contributed by atoms with Crippen LogP contribution in [0, 0.1) is 18.8 Å². The molecule has 3 N–H and O–H groups in total. The summed E-state index contributed by atoms with van der Waals surface area (Å²) in [6.45, 7) is 8.51. The maximum Gasteiger partial charge on any atom is 0.286 e. The monoisotopic (exact) mass is 440 g/mol. The van der Waals surface area contributed by atoms with Crippen LogP contribution >= 0.6 is 0 Å². The van der Waals surface area contributed by atoms with Crippen molar-refractivity contribution in [2.45, 2.75) is 57.4 Å². The Labute approximate surface area is 177 Å². The minimum absolute atomic E-state index is 0.0878. The van der Waals surface area contributed by atoms with Gasteiger partial charge >= 0.3 is 0 Å². The van der Waals surface area contributed by atoms with Crippen molar-refractivity contribution in [3.63, 3.8) is 0 Å². The molecule has 1 amide bonds. The van der Waals surface area contributed by atoms with Crippen LogP contribution in [-0.4, -0.2) is 64.4 Å². The van der Waals surface area contributed by atoms with Crippen LogP contribution in [0.5, 0.6) is 0 Å². The second-order valence-corrected chi connectivity index (χ2v) is 10.9. The van der Waals surface area contributed by atoms with Crippen LogP contribution in [0.3, 0.4) is 0 Å². The third-order valence-corrected chi connectivity index (χ3v) is 7.98. The molecule has 0 aliphatic carbocycles. The fourth-order valence-electron chi connectivity index (χ4n) is 4.55. The Kier molecular flexibility index (Phi) is 5.89. The predicted octanol–water partition coefficient (Wildman–Crippen LogP) is 0.384. The highest BCUT2D eigenvalue weighted by molar-refractivity contribution is 7.89. The molecular weight excluding hydrogens is 408 g/mol. The van der Waals surface area contributed by atoms with Crippen LogP contribution < -0.4 is 11.3 Å². The fraction of sp³-hybridized carbons (Fsp3) is 0.737. The number of aromatic amines is 1. The molecule has 3 heterocycles. The maximum atomic E-state index is 13.0. The Bertz CT molecular complexity index is 1020. The van der Waals surface area contributed by atoms with Gasteiger partial charge in [-0.05, 0) is 44.9 Å². The summed E-state index contributed by atoms with van der Waals surface area (Å²) >= 11 is 0. The molecule has 1 aromatic rings. The number of carbonyl (C=O) groups excluding carboxylic acids is 1. The van der Waals surface area contributed by atoms with E-state index in [1.165, 1.54) is 16.0 Å². The molecule has 1 unspecified atom stereocenters. The molecular formula is C19H32N6O4S. The molecule has 0 saturated carbocycles. The number of guanidine groups is 1. The number of aliphatic imine (C=N–C) groups is 1. The van der Waals surface area contributed by atoms with Crippen molar-refractivity contribution in [3.8, 4) is 0 Å². The van der Waals surface area contributed by atoms with Crippen LogP contribution in [0.1, 0.15) is 45.7 Å². The van der Waals surface area contributed by atoms with Crippen LogP contribution in [-0.2, 0) is 21.9 Å².